The van der Waals surface area contributed by atoms with Crippen molar-refractivity contribution >= 4 is 34.2 Å². The van der Waals surface area contributed by atoms with Crippen molar-refractivity contribution in [3.63, 3.8) is 0 Å². The molecule has 1 saturated carbocycles. The van der Waals surface area contributed by atoms with Gasteiger partial charge in [-0.1, -0.05) is 0 Å². The minimum atomic E-state index is -0.524. The van der Waals surface area contributed by atoms with Crippen LogP contribution in [0.4, 0.5) is 5.69 Å². The Morgan fingerprint density at radius 2 is 2.19 bits per heavy atom. The van der Waals surface area contributed by atoms with Crippen molar-refractivity contribution in [2.75, 3.05) is 0 Å². The van der Waals surface area contributed by atoms with Gasteiger partial charge in [-0.2, -0.15) is 0 Å². The molecule has 2 rings (SSSR count). The number of halogens is 1. The van der Waals surface area contributed by atoms with Crippen LogP contribution in [-0.4, -0.2) is 16.9 Å². The zero-order chi connectivity index (χ0) is 11.7. The Morgan fingerprint density at radius 3 is 2.75 bits per heavy atom. The maximum atomic E-state index is 11.7. The molecule has 0 aliphatic heterocycles. The number of nitrogens with zero attached hydrogens (tertiary/aromatic N) is 1. The summed E-state index contributed by atoms with van der Waals surface area (Å²) in [5.74, 6) is -0.356. The molecule has 0 spiro atoms. The molecule has 0 saturated heterocycles. The van der Waals surface area contributed by atoms with Crippen molar-refractivity contribution in [2.24, 2.45) is 0 Å². The standard InChI is InChI=1S/C10H9IN2O3/c11-6-1-4-8(9(5-6)13(15)16)10(14)12-7-2-3-7/h1,4-5,7H,2-3H2,(H,12,14). The Morgan fingerprint density at radius 1 is 1.50 bits per heavy atom. The quantitative estimate of drug-likeness (QED) is 0.523. The summed E-state index contributed by atoms with van der Waals surface area (Å²) < 4.78 is 0.743. The summed E-state index contributed by atoms with van der Waals surface area (Å²) in [6.45, 7) is 0. The summed E-state index contributed by atoms with van der Waals surface area (Å²) in [5.41, 5.74) is 0.00219. The van der Waals surface area contributed by atoms with Gasteiger partial charge in [0.2, 0.25) is 0 Å². The third-order valence-electron chi connectivity index (χ3n) is 2.31. The minimum absolute atomic E-state index is 0.134. The highest BCUT2D eigenvalue weighted by molar-refractivity contribution is 14.1. The smallest absolute Gasteiger partial charge is 0.283 e. The van der Waals surface area contributed by atoms with Crippen LogP contribution in [0.1, 0.15) is 23.2 Å². The molecule has 1 fully saturated rings. The zero-order valence-corrected chi connectivity index (χ0v) is 10.4. The van der Waals surface area contributed by atoms with Crippen molar-refractivity contribution in [1.29, 1.82) is 0 Å². The molecule has 16 heavy (non-hydrogen) atoms. The van der Waals surface area contributed by atoms with E-state index in [0.717, 1.165) is 16.4 Å². The van der Waals surface area contributed by atoms with Crippen LogP contribution in [0.5, 0.6) is 0 Å². The van der Waals surface area contributed by atoms with Crippen molar-refractivity contribution < 1.29 is 9.72 Å². The average Bonchev–Trinajstić information content (AvgIpc) is 3.01. The summed E-state index contributed by atoms with van der Waals surface area (Å²) in [7, 11) is 0. The first-order chi connectivity index (χ1) is 7.58. The molecule has 1 N–H and O–H groups in total. The monoisotopic (exact) mass is 332 g/mol. The largest absolute Gasteiger partial charge is 0.349 e. The van der Waals surface area contributed by atoms with E-state index in [9.17, 15) is 14.9 Å². The molecule has 6 heteroatoms. The second-order valence-corrected chi connectivity index (χ2v) is 4.91. The number of rotatable bonds is 3. The van der Waals surface area contributed by atoms with Gasteiger partial charge in [0.05, 0.1) is 4.92 Å². The number of carbonyl (C=O) groups excluding carboxylic acids is 1. The first-order valence-corrected chi connectivity index (χ1v) is 5.90. The lowest BCUT2D eigenvalue weighted by molar-refractivity contribution is -0.385. The second-order valence-electron chi connectivity index (χ2n) is 3.67. The van der Waals surface area contributed by atoms with E-state index < -0.39 is 4.92 Å². The van der Waals surface area contributed by atoms with E-state index in [-0.39, 0.29) is 23.2 Å². The van der Waals surface area contributed by atoms with Crippen molar-refractivity contribution in [1.82, 2.24) is 5.32 Å². The molecule has 1 aromatic carbocycles. The van der Waals surface area contributed by atoms with Crippen LogP contribution in [0.25, 0.3) is 0 Å². The van der Waals surface area contributed by atoms with Crippen LogP contribution >= 0.6 is 22.6 Å². The van der Waals surface area contributed by atoms with Gasteiger partial charge in [0.15, 0.2) is 0 Å². The zero-order valence-electron chi connectivity index (χ0n) is 8.27. The van der Waals surface area contributed by atoms with E-state index in [1.165, 1.54) is 12.1 Å². The molecule has 5 nitrogen and oxygen atoms in total. The highest BCUT2D eigenvalue weighted by Crippen LogP contribution is 2.24. The lowest BCUT2D eigenvalue weighted by Gasteiger charge is -2.04. The number of hydrogen-bond acceptors (Lipinski definition) is 3. The normalized spacial score (nSPS) is 14.6. The van der Waals surface area contributed by atoms with Crippen LogP contribution in [0.15, 0.2) is 18.2 Å². The van der Waals surface area contributed by atoms with E-state index in [2.05, 4.69) is 5.32 Å². The third-order valence-corrected chi connectivity index (χ3v) is 2.98. The summed E-state index contributed by atoms with van der Waals surface area (Å²) in [6.07, 6.45) is 1.92. The summed E-state index contributed by atoms with van der Waals surface area (Å²) >= 11 is 1.98. The molecule has 1 aromatic rings. The Kier molecular flexibility index (Phi) is 3.08. The molecular formula is C10H9IN2O3. The molecule has 1 amide bonds. The van der Waals surface area contributed by atoms with E-state index in [1.54, 1.807) is 6.07 Å². The number of benzene rings is 1. The van der Waals surface area contributed by atoms with Gasteiger partial charge in [0.1, 0.15) is 5.56 Å². The summed E-state index contributed by atoms with van der Waals surface area (Å²) in [6, 6.07) is 4.79. The van der Waals surface area contributed by atoms with Gasteiger partial charge in [-0.3, -0.25) is 14.9 Å². The SMILES string of the molecule is O=C(NC1CC1)c1ccc(I)cc1[N+](=O)[O-]. The molecule has 0 radical (unpaired) electrons. The predicted molar refractivity (Wildman–Crippen MR) is 66.3 cm³/mol. The Bertz CT molecular complexity index is 457. The van der Waals surface area contributed by atoms with Gasteiger partial charge < -0.3 is 5.32 Å². The Hall–Kier alpha value is -1.18. The molecule has 0 unspecified atom stereocenters. The first kappa shape index (κ1) is 11.3. The van der Waals surface area contributed by atoms with Gasteiger partial charge in [-0.25, -0.2) is 0 Å². The molecule has 84 valence electrons. The molecule has 0 bridgehead atoms. The van der Waals surface area contributed by atoms with Crippen LogP contribution in [0.3, 0.4) is 0 Å². The van der Waals surface area contributed by atoms with Crippen molar-refractivity contribution in [3.8, 4) is 0 Å². The summed E-state index contributed by atoms with van der Waals surface area (Å²) in [5, 5.41) is 13.5. The molecule has 1 aliphatic carbocycles. The maximum Gasteiger partial charge on any atom is 0.283 e. The molecule has 0 atom stereocenters. The number of amides is 1. The lowest BCUT2D eigenvalue weighted by atomic mass is 10.1. The van der Waals surface area contributed by atoms with Crippen LogP contribution in [0.2, 0.25) is 0 Å². The second kappa shape index (κ2) is 4.36. The lowest BCUT2D eigenvalue weighted by Crippen LogP contribution is -2.26. The fourth-order valence-corrected chi connectivity index (χ4v) is 1.81. The van der Waals surface area contributed by atoms with Crippen molar-refractivity contribution in [2.45, 2.75) is 18.9 Å². The minimum Gasteiger partial charge on any atom is -0.349 e. The van der Waals surface area contributed by atoms with Crippen LogP contribution < -0.4 is 5.32 Å². The van der Waals surface area contributed by atoms with Crippen LogP contribution in [0, 0.1) is 13.7 Å². The predicted octanol–water partition coefficient (Wildman–Crippen LogP) is 2.09. The van der Waals surface area contributed by atoms with Crippen LogP contribution in [-0.2, 0) is 0 Å². The molecule has 0 aromatic heterocycles. The van der Waals surface area contributed by atoms with E-state index in [0.29, 0.717) is 0 Å². The van der Waals surface area contributed by atoms with E-state index in [1.807, 2.05) is 22.6 Å². The maximum absolute atomic E-state index is 11.7. The molecular weight excluding hydrogens is 323 g/mol. The average molecular weight is 332 g/mol. The van der Waals surface area contributed by atoms with Gasteiger partial charge >= 0.3 is 0 Å². The topological polar surface area (TPSA) is 72.2 Å². The molecule has 1 aliphatic rings. The highest BCUT2D eigenvalue weighted by Gasteiger charge is 2.27. The molecule has 0 heterocycles. The number of nitro benzene ring substituents is 1. The van der Waals surface area contributed by atoms with Gasteiger partial charge in [0.25, 0.3) is 11.6 Å². The van der Waals surface area contributed by atoms with Gasteiger partial charge in [-0.15, -0.1) is 0 Å². The van der Waals surface area contributed by atoms with Gasteiger partial charge in [-0.05, 0) is 47.6 Å². The number of carbonyl (C=O) groups is 1. The number of nitrogens with one attached hydrogen (secondary N) is 1. The number of nitro groups is 1. The fraction of sp³-hybridized carbons (Fsp3) is 0.300. The first-order valence-electron chi connectivity index (χ1n) is 4.83. The Labute approximate surface area is 106 Å². The third kappa shape index (κ3) is 2.49. The fourth-order valence-electron chi connectivity index (χ4n) is 1.34. The highest BCUT2D eigenvalue weighted by atomic mass is 127. The van der Waals surface area contributed by atoms with E-state index >= 15 is 0 Å². The Balaban J connectivity index is 2.30. The van der Waals surface area contributed by atoms with Crippen molar-refractivity contribution in [3.05, 3.63) is 37.4 Å². The summed E-state index contributed by atoms with van der Waals surface area (Å²) in [4.78, 5) is 22.0. The van der Waals surface area contributed by atoms with Gasteiger partial charge in [0, 0.05) is 15.7 Å². The number of hydrogen-bond donors (Lipinski definition) is 1. The van der Waals surface area contributed by atoms with E-state index in [4.69, 9.17) is 0 Å².